The largest absolute Gasteiger partial charge is 0.460 e. The van der Waals surface area contributed by atoms with Crippen LogP contribution >= 0.6 is 0 Å². The Bertz CT molecular complexity index is 668. The first-order valence-corrected chi connectivity index (χ1v) is 7.41. The molecule has 0 radical (unpaired) electrons. The van der Waals surface area contributed by atoms with Gasteiger partial charge in [0, 0.05) is 43.4 Å². The topological polar surface area (TPSA) is 71.5 Å². The Morgan fingerprint density at radius 3 is 3.05 bits per heavy atom. The fourth-order valence-electron chi connectivity index (χ4n) is 2.77. The van der Waals surface area contributed by atoms with E-state index in [0.717, 1.165) is 37.5 Å². The van der Waals surface area contributed by atoms with Gasteiger partial charge < -0.3 is 9.73 Å². The van der Waals surface area contributed by atoms with Gasteiger partial charge in [0.1, 0.15) is 11.5 Å². The van der Waals surface area contributed by atoms with E-state index in [4.69, 9.17) is 4.42 Å². The molecule has 0 saturated carbocycles. The summed E-state index contributed by atoms with van der Waals surface area (Å²) in [7, 11) is 0. The molecule has 0 amide bonds. The zero-order chi connectivity index (χ0) is 15.5. The van der Waals surface area contributed by atoms with Crippen molar-refractivity contribution in [3.8, 4) is 11.3 Å². The average Bonchev–Trinajstić information content (AvgIpc) is 2.96. The van der Waals surface area contributed by atoms with E-state index in [9.17, 15) is 10.1 Å². The van der Waals surface area contributed by atoms with Crippen molar-refractivity contribution in [3.63, 3.8) is 0 Å². The Hall–Kier alpha value is -2.18. The van der Waals surface area contributed by atoms with Crippen LogP contribution < -0.4 is 5.32 Å². The van der Waals surface area contributed by atoms with E-state index in [-0.39, 0.29) is 5.69 Å². The second-order valence-electron chi connectivity index (χ2n) is 5.66. The summed E-state index contributed by atoms with van der Waals surface area (Å²) in [6.07, 6.45) is 0. The molecule has 0 spiro atoms. The van der Waals surface area contributed by atoms with Gasteiger partial charge in [0.15, 0.2) is 0 Å². The first-order valence-electron chi connectivity index (χ1n) is 7.41. The minimum absolute atomic E-state index is 0.0754. The van der Waals surface area contributed by atoms with Crippen molar-refractivity contribution < 1.29 is 9.34 Å². The molecule has 0 aliphatic carbocycles. The molecule has 6 heteroatoms. The van der Waals surface area contributed by atoms with Crippen molar-refractivity contribution in [3.05, 3.63) is 52.3 Å². The molecule has 1 aromatic carbocycles. The van der Waals surface area contributed by atoms with Crippen LogP contribution in [-0.2, 0) is 6.54 Å². The monoisotopic (exact) mass is 301 g/mol. The normalized spacial score (nSPS) is 19.2. The fourth-order valence-corrected chi connectivity index (χ4v) is 2.77. The molecule has 1 aliphatic heterocycles. The Morgan fingerprint density at radius 1 is 1.41 bits per heavy atom. The molecule has 6 nitrogen and oxygen atoms in total. The van der Waals surface area contributed by atoms with Crippen molar-refractivity contribution >= 4 is 5.69 Å². The summed E-state index contributed by atoms with van der Waals surface area (Å²) >= 11 is 0. The van der Waals surface area contributed by atoms with Crippen LogP contribution in [0.15, 0.2) is 40.8 Å². The zero-order valence-electron chi connectivity index (χ0n) is 12.5. The lowest BCUT2D eigenvalue weighted by atomic mass is 10.1. The molecule has 1 atom stereocenters. The van der Waals surface area contributed by atoms with Crippen molar-refractivity contribution in [1.29, 1.82) is 0 Å². The zero-order valence-corrected chi connectivity index (χ0v) is 12.5. The molecule has 1 aliphatic rings. The number of rotatable bonds is 4. The Balaban J connectivity index is 1.73. The number of piperazine rings is 1. The van der Waals surface area contributed by atoms with Crippen molar-refractivity contribution in [2.75, 3.05) is 19.6 Å². The lowest BCUT2D eigenvalue weighted by Crippen LogP contribution is -2.48. The molecule has 1 aromatic heterocycles. The van der Waals surface area contributed by atoms with Crippen LogP contribution in [0.1, 0.15) is 12.7 Å². The molecule has 1 fully saturated rings. The van der Waals surface area contributed by atoms with Crippen LogP contribution in [0.25, 0.3) is 11.3 Å². The highest BCUT2D eigenvalue weighted by molar-refractivity contribution is 5.61. The minimum Gasteiger partial charge on any atom is -0.460 e. The highest BCUT2D eigenvalue weighted by Gasteiger charge is 2.17. The van der Waals surface area contributed by atoms with E-state index in [1.807, 2.05) is 18.2 Å². The number of furan rings is 1. The molecule has 22 heavy (non-hydrogen) atoms. The average molecular weight is 301 g/mol. The minimum atomic E-state index is -0.393. The number of non-ortho nitro benzene ring substituents is 1. The summed E-state index contributed by atoms with van der Waals surface area (Å²) in [6, 6.07) is 10.8. The Kier molecular flexibility index (Phi) is 4.22. The molecule has 116 valence electrons. The lowest BCUT2D eigenvalue weighted by Gasteiger charge is -2.31. The molecule has 0 bridgehead atoms. The number of nitrogens with one attached hydrogen (secondary N) is 1. The van der Waals surface area contributed by atoms with Gasteiger partial charge in [-0.05, 0) is 19.1 Å². The summed E-state index contributed by atoms with van der Waals surface area (Å²) in [5.41, 5.74) is 0.806. The van der Waals surface area contributed by atoms with E-state index in [1.54, 1.807) is 6.07 Å². The molecule has 1 saturated heterocycles. The quantitative estimate of drug-likeness (QED) is 0.694. The van der Waals surface area contributed by atoms with Gasteiger partial charge in [-0.3, -0.25) is 15.0 Å². The molecular weight excluding hydrogens is 282 g/mol. The van der Waals surface area contributed by atoms with Gasteiger partial charge in [-0.25, -0.2) is 0 Å². The van der Waals surface area contributed by atoms with Crippen LogP contribution in [0.2, 0.25) is 0 Å². The van der Waals surface area contributed by atoms with Crippen molar-refractivity contribution in [2.45, 2.75) is 19.5 Å². The van der Waals surface area contributed by atoms with Gasteiger partial charge >= 0.3 is 0 Å². The fraction of sp³-hybridized carbons (Fsp3) is 0.375. The Morgan fingerprint density at radius 2 is 2.27 bits per heavy atom. The summed E-state index contributed by atoms with van der Waals surface area (Å²) in [4.78, 5) is 12.8. The van der Waals surface area contributed by atoms with Gasteiger partial charge in [0.05, 0.1) is 11.5 Å². The molecule has 1 N–H and O–H groups in total. The number of hydrogen-bond donors (Lipinski definition) is 1. The molecule has 3 rings (SSSR count). The van der Waals surface area contributed by atoms with E-state index < -0.39 is 4.92 Å². The second kappa shape index (κ2) is 6.29. The third-order valence-electron chi connectivity index (χ3n) is 3.84. The summed E-state index contributed by atoms with van der Waals surface area (Å²) in [6.45, 7) is 5.91. The maximum absolute atomic E-state index is 10.8. The molecule has 2 aromatic rings. The van der Waals surface area contributed by atoms with Gasteiger partial charge in [0.25, 0.3) is 5.69 Å². The first kappa shape index (κ1) is 14.7. The molecule has 2 heterocycles. The lowest BCUT2D eigenvalue weighted by molar-refractivity contribution is -0.384. The van der Waals surface area contributed by atoms with Crippen LogP contribution in [0.5, 0.6) is 0 Å². The van der Waals surface area contributed by atoms with Gasteiger partial charge in [-0.2, -0.15) is 0 Å². The maximum atomic E-state index is 10.8. The predicted octanol–water partition coefficient (Wildman–Crippen LogP) is 2.65. The summed E-state index contributed by atoms with van der Waals surface area (Å²) < 4.78 is 5.86. The van der Waals surface area contributed by atoms with Gasteiger partial charge in [0.2, 0.25) is 0 Å². The number of nitro groups is 1. The Labute approximate surface area is 128 Å². The van der Waals surface area contributed by atoms with Crippen LogP contribution in [-0.4, -0.2) is 35.5 Å². The van der Waals surface area contributed by atoms with Gasteiger partial charge in [-0.15, -0.1) is 0 Å². The van der Waals surface area contributed by atoms with Crippen molar-refractivity contribution in [2.24, 2.45) is 0 Å². The highest BCUT2D eigenvalue weighted by atomic mass is 16.6. The third-order valence-corrected chi connectivity index (χ3v) is 3.84. The number of nitro benzene ring substituents is 1. The standard InChI is InChI=1S/C16H19N3O3/c1-12-10-18(8-7-17-12)11-15-5-6-16(22-15)13-3-2-4-14(9-13)19(20)21/h2-6,9,12,17H,7-8,10-11H2,1H3/t12-/m0/s1. The SMILES string of the molecule is C[C@H]1CN(Cc2ccc(-c3cccc([N+](=O)[O-])c3)o2)CCN1. The number of nitrogens with zero attached hydrogens (tertiary/aromatic N) is 2. The summed E-state index contributed by atoms with van der Waals surface area (Å²) in [5.74, 6) is 1.55. The van der Waals surface area contributed by atoms with E-state index in [2.05, 4.69) is 17.1 Å². The second-order valence-corrected chi connectivity index (χ2v) is 5.66. The predicted molar refractivity (Wildman–Crippen MR) is 83.5 cm³/mol. The highest BCUT2D eigenvalue weighted by Crippen LogP contribution is 2.26. The maximum Gasteiger partial charge on any atom is 0.270 e. The number of hydrogen-bond acceptors (Lipinski definition) is 5. The van der Waals surface area contributed by atoms with E-state index in [0.29, 0.717) is 11.8 Å². The third kappa shape index (κ3) is 3.35. The van der Waals surface area contributed by atoms with E-state index >= 15 is 0 Å². The first-order chi connectivity index (χ1) is 10.6. The van der Waals surface area contributed by atoms with Crippen LogP contribution in [0.3, 0.4) is 0 Å². The summed E-state index contributed by atoms with van der Waals surface area (Å²) in [5, 5.41) is 14.3. The van der Waals surface area contributed by atoms with Gasteiger partial charge in [-0.1, -0.05) is 12.1 Å². The van der Waals surface area contributed by atoms with Crippen LogP contribution in [0.4, 0.5) is 5.69 Å². The number of benzene rings is 1. The van der Waals surface area contributed by atoms with E-state index in [1.165, 1.54) is 12.1 Å². The molecule has 0 unspecified atom stereocenters. The molecular formula is C16H19N3O3. The van der Waals surface area contributed by atoms with Crippen molar-refractivity contribution in [1.82, 2.24) is 10.2 Å². The smallest absolute Gasteiger partial charge is 0.270 e. The van der Waals surface area contributed by atoms with Crippen LogP contribution in [0, 0.1) is 10.1 Å².